The Morgan fingerprint density at radius 2 is 1.15 bits per heavy atom. The predicted octanol–water partition coefficient (Wildman–Crippen LogP) is 6.56. The fraction of sp³-hybridized carbons (Fsp3) is 0.206. The van der Waals surface area contributed by atoms with E-state index in [1.807, 2.05) is 54.9 Å². The largest absolute Gasteiger partial charge is 0.319 e. The lowest BCUT2D eigenvalue weighted by molar-refractivity contribution is 0.514. The van der Waals surface area contributed by atoms with Gasteiger partial charge in [0.05, 0.1) is 17.8 Å². The van der Waals surface area contributed by atoms with Gasteiger partial charge >= 0.3 is 0 Å². The lowest BCUT2D eigenvalue weighted by atomic mass is 9.77. The molecule has 0 saturated heterocycles. The van der Waals surface area contributed by atoms with Crippen LogP contribution in [0.3, 0.4) is 0 Å². The van der Waals surface area contributed by atoms with Crippen LogP contribution in [0.15, 0.2) is 134 Å². The van der Waals surface area contributed by atoms with Crippen molar-refractivity contribution in [1.29, 1.82) is 0 Å². The van der Waals surface area contributed by atoms with Gasteiger partial charge in [-0.25, -0.2) is 18.1 Å². The smallest absolute Gasteiger partial charge is 0.211 e. The van der Waals surface area contributed by atoms with Crippen LogP contribution in [0.1, 0.15) is 47.2 Å². The molecule has 0 aliphatic heterocycles. The molecule has 0 unspecified atom stereocenters. The number of rotatable bonds is 13. The van der Waals surface area contributed by atoms with Crippen LogP contribution >= 0.6 is 0 Å². The Hall–Kier alpha value is -4.00. The van der Waals surface area contributed by atoms with Gasteiger partial charge in [0.2, 0.25) is 10.0 Å². The Morgan fingerprint density at radius 3 is 1.68 bits per heavy atom. The van der Waals surface area contributed by atoms with Crippen molar-refractivity contribution in [1.82, 2.24) is 14.3 Å². The van der Waals surface area contributed by atoms with E-state index in [1.54, 1.807) is 0 Å². The highest BCUT2D eigenvalue weighted by molar-refractivity contribution is 7.89. The minimum atomic E-state index is -3.30. The van der Waals surface area contributed by atoms with Gasteiger partial charge < -0.3 is 4.57 Å². The normalized spacial score (nSPS) is 11.9. The zero-order valence-corrected chi connectivity index (χ0v) is 23.4. The molecular formula is C34H35N3O2S. The monoisotopic (exact) mass is 549 g/mol. The summed E-state index contributed by atoms with van der Waals surface area (Å²) in [5.74, 6) is 0.132. The fourth-order valence-corrected chi connectivity index (χ4v) is 6.41. The van der Waals surface area contributed by atoms with Crippen molar-refractivity contribution in [2.75, 3.05) is 5.75 Å². The number of imidazole rings is 1. The average molecular weight is 550 g/mol. The first-order valence-corrected chi connectivity index (χ1v) is 15.4. The summed E-state index contributed by atoms with van der Waals surface area (Å²) < 4.78 is 29.8. The lowest BCUT2D eigenvalue weighted by Gasteiger charge is -2.37. The van der Waals surface area contributed by atoms with E-state index in [0.717, 1.165) is 47.2 Å². The van der Waals surface area contributed by atoms with E-state index in [9.17, 15) is 8.42 Å². The third kappa shape index (κ3) is 6.41. The van der Waals surface area contributed by atoms with Crippen molar-refractivity contribution in [2.24, 2.45) is 0 Å². The van der Waals surface area contributed by atoms with E-state index < -0.39 is 15.6 Å². The van der Waals surface area contributed by atoms with Crippen molar-refractivity contribution >= 4 is 10.0 Å². The topological polar surface area (TPSA) is 64.0 Å². The van der Waals surface area contributed by atoms with E-state index in [0.29, 0.717) is 13.0 Å². The molecule has 204 valence electrons. The Labute approximate surface area is 237 Å². The van der Waals surface area contributed by atoms with E-state index in [1.165, 1.54) is 0 Å². The molecule has 0 amide bonds. The quantitative estimate of drug-likeness (QED) is 0.134. The van der Waals surface area contributed by atoms with Gasteiger partial charge in [-0.2, -0.15) is 0 Å². The molecule has 1 aromatic heterocycles. The second-order valence-electron chi connectivity index (χ2n) is 10.0. The molecule has 0 atom stereocenters. The van der Waals surface area contributed by atoms with Crippen molar-refractivity contribution in [3.8, 4) is 0 Å². The Balaban J connectivity index is 1.29. The molecule has 0 aliphatic rings. The number of aryl methyl sites for hydroxylation is 1. The third-order valence-electron chi connectivity index (χ3n) is 7.28. The molecule has 0 radical (unpaired) electrons. The lowest BCUT2D eigenvalue weighted by Crippen LogP contribution is -2.36. The number of unbranched alkanes of at least 4 members (excludes halogenated alkanes) is 2. The molecule has 1 heterocycles. The van der Waals surface area contributed by atoms with Gasteiger partial charge in [-0.3, -0.25) is 0 Å². The molecule has 4 aromatic carbocycles. The standard InChI is InChI=1S/C34H35N3O2S/c38-40(39,36-26-29-16-6-1-7-17-29)25-15-5-14-24-33-27-37(28-35-33)34(30-18-8-2-9-19-30,31-20-10-3-11-21-31)32-22-12-4-13-23-32/h1-4,6-13,16-23,27-28,36H,5,14-15,24-26H2. The maximum absolute atomic E-state index is 12.4. The van der Waals surface area contributed by atoms with Gasteiger partial charge in [0.15, 0.2) is 0 Å². The summed E-state index contributed by atoms with van der Waals surface area (Å²) in [5, 5.41) is 0. The molecule has 0 saturated carbocycles. The summed E-state index contributed by atoms with van der Waals surface area (Å²) >= 11 is 0. The molecule has 5 nitrogen and oxygen atoms in total. The zero-order chi connectivity index (χ0) is 27.7. The van der Waals surface area contributed by atoms with Crippen LogP contribution in [0.4, 0.5) is 0 Å². The van der Waals surface area contributed by atoms with Crippen molar-refractivity contribution in [3.05, 3.63) is 162 Å². The van der Waals surface area contributed by atoms with Crippen LogP contribution in [-0.2, 0) is 28.5 Å². The number of benzene rings is 4. The van der Waals surface area contributed by atoms with Crippen molar-refractivity contribution < 1.29 is 8.42 Å². The maximum Gasteiger partial charge on any atom is 0.211 e. The Morgan fingerprint density at radius 1 is 0.650 bits per heavy atom. The number of nitrogens with one attached hydrogen (secondary N) is 1. The second kappa shape index (κ2) is 12.9. The minimum Gasteiger partial charge on any atom is -0.319 e. The second-order valence-corrected chi connectivity index (χ2v) is 11.9. The van der Waals surface area contributed by atoms with Crippen LogP contribution in [0.25, 0.3) is 0 Å². The van der Waals surface area contributed by atoms with Crippen LogP contribution in [-0.4, -0.2) is 23.7 Å². The molecular weight excluding hydrogens is 514 g/mol. The summed E-state index contributed by atoms with van der Waals surface area (Å²) in [6, 6.07) is 41.2. The highest BCUT2D eigenvalue weighted by Crippen LogP contribution is 2.40. The van der Waals surface area contributed by atoms with E-state index in [-0.39, 0.29) is 5.75 Å². The Bertz CT molecular complexity index is 1470. The summed E-state index contributed by atoms with van der Waals surface area (Å²) in [7, 11) is -3.30. The maximum atomic E-state index is 12.4. The minimum absolute atomic E-state index is 0.132. The number of nitrogens with zero attached hydrogens (tertiary/aromatic N) is 2. The average Bonchev–Trinajstić information content (AvgIpc) is 3.48. The van der Waals surface area contributed by atoms with Crippen LogP contribution in [0, 0.1) is 0 Å². The summed E-state index contributed by atoms with van der Waals surface area (Å²) in [6.07, 6.45) is 7.18. The summed E-state index contributed by atoms with van der Waals surface area (Å²) in [5.41, 5.74) is 4.85. The van der Waals surface area contributed by atoms with Crippen LogP contribution in [0.5, 0.6) is 0 Å². The number of hydrogen-bond donors (Lipinski definition) is 1. The summed E-state index contributed by atoms with van der Waals surface area (Å²) in [6.45, 7) is 0.326. The number of sulfonamides is 1. The van der Waals surface area contributed by atoms with E-state index in [2.05, 4.69) is 88.3 Å². The van der Waals surface area contributed by atoms with Crippen LogP contribution in [0.2, 0.25) is 0 Å². The van der Waals surface area contributed by atoms with Gasteiger partial charge in [0.25, 0.3) is 0 Å². The SMILES string of the molecule is O=S(=O)(CCCCCc1cn(C(c2ccccc2)(c2ccccc2)c2ccccc2)cn1)NCc1ccccc1. The van der Waals surface area contributed by atoms with E-state index >= 15 is 0 Å². The van der Waals surface area contributed by atoms with Crippen molar-refractivity contribution in [2.45, 2.75) is 37.8 Å². The molecule has 6 heteroatoms. The zero-order valence-electron chi connectivity index (χ0n) is 22.6. The molecule has 40 heavy (non-hydrogen) atoms. The molecule has 0 aliphatic carbocycles. The van der Waals surface area contributed by atoms with Gasteiger partial charge in [-0.05, 0) is 41.5 Å². The first kappa shape index (κ1) is 27.6. The fourth-order valence-electron chi connectivity index (χ4n) is 5.30. The molecule has 5 rings (SSSR count). The molecule has 1 N–H and O–H groups in total. The van der Waals surface area contributed by atoms with Gasteiger partial charge in [0, 0.05) is 12.7 Å². The highest BCUT2D eigenvalue weighted by Gasteiger charge is 2.38. The van der Waals surface area contributed by atoms with Crippen LogP contribution < -0.4 is 4.72 Å². The van der Waals surface area contributed by atoms with Gasteiger partial charge in [-0.15, -0.1) is 0 Å². The molecule has 0 bridgehead atoms. The predicted molar refractivity (Wildman–Crippen MR) is 161 cm³/mol. The first-order valence-electron chi connectivity index (χ1n) is 13.8. The molecule has 0 fully saturated rings. The highest BCUT2D eigenvalue weighted by atomic mass is 32.2. The summed E-state index contributed by atoms with van der Waals surface area (Å²) in [4.78, 5) is 4.80. The molecule has 0 spiro atoms. The van der Waals surface area contributed by atoms with Crippen molar-refractivity contribution in [3.63, 3.8) is 0 Å². The third-order valence-corrected chi connectivity index (χ3v) is 8.69. The van der Waals surface area contributed by atoms with E-state index in [4.69, 9.17) is 4.98 Å². The first-order chi connectivity index (χ1) is 19.6. The number of aromatic nitrogens is 2. The molecule has 5 aromatic rings. The van der Waals surface area contributed by atoms with Gasteiger partial charge in [0.1, 0.15) is 5.54 Å². The number of hydrogen-bond acceptors (Lipinski definition) is 3. The van der Waals surface area contributed by atoms with Gasteiger partial charge in [-0.1, -0.05) is 128 Å². The Kier molecular flexibility index (Phi) is 8.89.